The van der Waals surface area contributed by atoms with Crippen LogP contribution in [0.3, 0.4) is 0 Å². The first-order chi connectivity index (χ1) is 9.50. The fourth-order valence-electron chi connectivity index (χ4n) is 2.21. The van der Waals surface area contributed by atoms with Gasteiger partial charge in [-0.05, 0) is 0 Å². The third kappa shape index (κ3) is 2.03. The highest BCUT2D eigenvalue weighted by molar-refractivity contribution is 6.10. The summed E-state index contributed by atoms with van der Waals surface area (Å²) >= 11 is 0. The Morgan fingerprint density at radius 1 is 0.950 bits per heavy atom. The molecule has 0 bridgehead atoms. The zero-order valence-corrected chi connectivity index (χ0v) is 10.4. The summed E-state index contributed by atoms with van der Waals surface area (Å²) in [6, 6.07) is 8.05. The Kier molecular flexibility index (Phi) is 3.52. The molecule has 102 valence electrons. The molecule has 0 spiro atoms. The molecule has 1 unspecified atom stereocenters. The van der Waals surface area contributed by atoms with Crippen LogP contribution in [0.5, 0.6) is 0 Å². The smallest absolute Gasteiger partial charge is 0.326 e. The number of carbonyl (C=O) groups excluding carboxylic acids is 1. The van der Waals surface area contributed by atoms with E-state index in [4.69, 9.17) is 0 Å². The van der Waals surface area contributed by atoms with Crippen LogP contribution in [-0.4, -0.2) is 27.9 Å². The second kappa shape index (κ2) is 5.13. The Balaban J connectivity index is 2.51. The van der Waals surface area contributed by atoms with Crippen LogP contribution < -0.4 is 0 Å². The van der Waals surface area contributed by atoms with Crippen molar-refractivity contribution in [2.75, 3.05) is 0 Å². The van der Waals surface area contributed by atoms with E-state index < -0.39 is 29.1 Å². The third-order valence-corrected chi connectivity index (χ3v) is 3.31. The van der Waals surface area contributed by atoms with Crippen LogP contribution in [0.15, 0.2) is 54.6 Å². The quantitative estimate of drug-likeness (QED) is 0.643. The van der Waals surface area contributed by atoms with Gasteiger partial charge in [0.05, 0.1) is 5.92 Å². The molecule has 5 nitrogen and oxygen atoms in total. The van der Waals surface area contributed by atoms with E-state index in [2.05, 4.69) is 0 Å². The summed E-state index contributed by atoms with van der Waals surface area (Å²) in [6.45, 7) is 0. The van der Waals surface area contributed by atoms with E-state index in [9.17, 15) is 24.6 Å². The minimum Gasteiger partial charge on any atom is -0.480 e. The number of carbonyl (C=O) groups is 3. The van der Waals surface area contributed by atoms with E-state index in [-0.39, 0.29) is 5.56 Å². The number of Topliss-reactive ketones (excluding diaryl/α,β-unsaturated/α-hetero) is 1. The van der Waals surface area contributed by atoms with Crippen LogP contribution in [0.4, 0.5) is 0 Å². The zero-order valence-electron chi connectivity index (χ0n) is 10.4. The number of carboxylic acids is 2. The molecule has 2 rings (SSSR count). The van der Waals surface area contributed by atoms with Crippen molar-refractivity contribution in [2.24, 2.45) is 11.3 Å². The molecule has 0 saturated heterocycles. The molecule has 1 aliphatic rings. The summed E-state index contributed by atoms with van der Waals surface area (Å²) in [5.41, 5.74) is -1.98. The monoisotopic (exact) mass is 272 g/mol. The molecule has 1 atom stereocenters. The Bertz CT molecular complexity index is 598. The molecule has 0 saturated carbocycles. The second-order valence-corrected chi connectivity index (χ2v) is 4.43. The van der Waals surface area contributed by atoms with Gasteiger partial charge < -0.3 is 10.2 Å². The van der Waals surface area contributed by atoms with Crippen LogP contribution in [0.1, 0.15) is 10.4 Å². The van der Waals surface area contributed by atoms with Crippen molar-refractivity contribution in [1.29, 1.82) is 0 Å². The molecule has 1 aromatic rings. The fraction of sp³-hybridized carbons (Fsp3) is 0.133. The average molecular weight is 272 g/mol. The SMILES string of the molecule is O=C(c1ccccc1)C1C=CC=CC1(C(=O)O)C(=O)O. The zero-order chi connectivity index (χ0) is 14.8. The normalized spacial score (nSPS) is 19.5. The van der Waals surface area contributed by atoms with Gasteiger partial charge >= 0.3 is 11.9 Å². The van der Waals surface area contributed by atoms with Crippen molar-refractivity contribution in [1.82, 2.24) is 0 Å². The summed E-state index contributed by atoms with van der Waals surface area (Å²) in [7, 11) is 0. The van der Waals surface area contributed by atoms with Crippen molar-refractivity contribution >= 4 is 17.7 Å². The van der Waals surface area contributed by atoms with Gasteiger partial charge in [-0.25, -0.2) is 0 Å². The van der Waals surface area contributed by atoms with Crippen molar-refractivity contribution in [3.63, 3.8) is 0 Å². The number of carboxylic acid groups (broad SMARTS) is 2. The maximum atomic E-state index is 12.4. The third-order valence-electron chi connectivity index (χ3n) is 3.31. The number of allylic oxidation sites excluding steroid dienone is 3. The number of aliphatic carboxylic acids is 2. The van der Waals surface area contributed by atoms with Gasteiger partial charge in [0, 0.05) is 5.56 Å². The van der Waals surface area contributed by atoms with Crippen LogP contribution in [0, 0.1) is 11.3 Å². The van der Waals surface area contributed by atoms with Gasteiger partial charge in [-0.3, -0.25) is 14.4 Å². The molecule has 1 aliphatic carbocycles. The number of ketones is 1. The number of hydrogen-bond donors (Lipinski definition) is 2. The van der Waals surface area contributed by atoms with Crippen molar-refractivity contribution < 1.29 is 24.6 Å². The lowest BCUT2D eigenvalue weighted by atomic mass is 9.69. The van der Waals surface area contributed by atoms with E-state index in [1.807, 2.05) is 0 Å². The summed E-state index contributed by atoms with van der Waals surface area (Å²) in [4.78, 5) is 35.3. The molecule has 0 amide bonds. The van der Waals surface area contributed by atoms with Crippen LogP contribution >= 0.6 is 0 Å². The van der Waals surface area contributed by atoms with E-state index in [0.717, 1.165) is 6.08 Å². The minimum atomic E-state index is -2.26. The fourth-order valence-corrected chi connectivity index (χ4v) is 2.21. The molecule has 1 aromatic carbocycles. The molecular weight excluding hydrogens is 260 g/mol. The lowest BCUT2D eigenvalue weighted by Gasteiger charge is -2.29. The van der Waals surface area contributed by atoms with E-state index in [1.54, 1.807) is 18.2 Å². The van der Waals surface area contributed by atoms with Gasteiger partial charge in [0.15, 0.2) is 11.2 Å². The molecule has 0 aromatic heterocycles. The topological polar surface area (TPSA) is 91.7 Å². The lowest BCUT2D eigenvalue weighted by Crippen LogP contribution is -2.47. The summed E-state index contributed by atoms with van der Waals surface area (Å²) < 4.78 is 0. The first-order valence-corrected chi connectivity index (χ1v) is 5.92. The maximum Gasteiger partial charge on any atom is 0.326 e. The molecule has 2 N–H and O–H groups in total. The van der Waals surface area contributed by atoms with Gasteiger partial charge in [0.2, 0.25) is 0 Å². The standard InChI is InChI=1S/C15H12O5/c16-12(10-6-2-1-3-7-10)11-8-4-5-9-15(11,13(17)18)14(19)20/h1-9,11H,(H,17,18)(H,19,20). The molecule has 0 radical (unpaired) electrons. The maximum absolute atomic E-state index is 12.4. The number of rotatable bonds is 4. The molecule has 20 heavy (non-hydrogen) atoms. The summed E-state index contributed by atoms with van der Waals surface area (Å²) in [6.07, 6.45) is 5.17. The highest BCUT2D eigenvalue weighted by Crippen LogP contribution is 2.36. The van der Waals surface area contributed by atoms with Gasteiger partial charge in [0.1, 0.15) is 0 Å². The average Bonchev–Trinajstić information content (AvgIpc) is 2.46. The predicted octanol–water partition coefficient (Wildman–Crippen LogP) is 1.77. The Morgan fingerprint density at radius 2 is 1.55 bits per heavy atom. The van der Waals surface area contributed by atoms with Gasteiger partial charge in [0.25, 0.3) is 0 Å². The van der Waals surface area contributed by atoms with Gasteiger partial charge in [-0.2, -0.15) is 0 Å². The first kappa shape index (κ1) is 13.7. The second-order valence-electron chi connectivity index (χ2n) is 4.43. The lowest BCUT2D eigenvalue weighted by molar-refractivity contribution is -0.162. The van der Waals surface area contributed by atoms with Crippen LogP contribution in [0.25, 0.3) is 0 Å². The van der Waals surface area contributed by atoms with Crippen molar-refractivity contribution in [3.05, 3.63) is 60.2 Å². The number of hydrogen-bond acceptors (Lipinski definition) is 3. The van der Waals surface area contributed by atoms with Crippen molar-refractivity contribution in [3.8, 4) is 0 Å². The molecule has 0 fully saturated rings. The van der Waals surface area contributed by atoms with Crippen molar-refractivity contribution in [2.45, 2.75) is 0 Å². The van der Waals surface area contributed by atoms with Gasteiger partial charge in [-0.15, -0.1) is 0 Å². The molecule has 5 heteroatoms. The van der Waals surface area contributed by atoms with E-state index >= 15 is 0 Å². The molecule has 0 aliphatic heterocycles. The Labute approximate surface area is 114 Å². The largest absolute Gasteiger partial charge is 0.480 e. The molecule has 0 heterocycles. The van der Waals surface area contributed by atoms with Crippen LogP contribution in [0.2, 0.25) is 0 Å². The van der Waals surface area contributed by atoms with E-state index in [1.165, 1.54) is 30.4 Å². The summed E-state index contributed by atoms with van der Waals surface area (Å²) in [5.74, 6) is -4.92. The highest BCUT2D eigenvalue weighted by Gasteiger charge is 2.53. The summed E-state index contributed by atoms with van der Waals surface area (Å²) in [5, 5.41) is 18.6. The van der Waals surface area contributed by atoms with Gasteiger partial charge in [-0.1, -0.05) is 54.6 Å². The Morgan fingerprint density at radius 3 is 2.10 bits per heavy atom. The molecular formula is C15H12O5. The predicted molar refractivity (Wildman–Crippen MR) is 70.2 cm³/mol. The Hall–Kier alpha value is -2.69. The van der Waals surface area contributed by atoms with Crippen LogP contribution in [-0.2, 0) is 9.59 Å². The number of benzene rings is 1. The first-order valence-electron chi connectivity index (χ1n) is 5.92. The highest BCUT2D eigenvalue weighted by atomic mass is 16.4. The van der Waals surface area contributed by atoms with E-state index in [0.29, 0.717) is 0 Å². The minimum absolute atomic E-state index is 0.282.